The quantitative estimate of drug-likeness (QED) is 0.736. The van der Waals surface area contributed by atoms with E-state index in [-0.39, 0.29) is 6.04 Å². The highest BCUT2D eigenvalue weighted by Gasteiger charge is 2.39. The molecule has 0 bridgehead atoms. The summed E-state index contributed by atoms with van der Waals surface area (Å²) in [6, 6.07) is 3.57. The van der Waals surface area contributed by atoms with Gasteiger partial charge in [0.1, 0.15) is 11.6 Å². The smallest absolute Gasteiger partial charge is 0.377 e. The summed E-state index contributed by atoms with van der Waals surface area (Å²) in [5, 5.41) is 0. The van der Waals surface area contributed by atoms with E-state index in [2.05, 4.69) is 0 Å². The molecule has 1 aromatic rings. The molecule has 96 valence electrons. The molecule has 0 heterocycles. The fraction of sp³-hybridized carbons (Fsp3) is 0.455. The summed E-state index contributed by atoms with van der Waals surface area (Å²) < 4.78 is 42.1. The summed E-state index contributed by atoms with van der Waals surface area (Å²) >= 11 is 0. The maximum Gasteiger partial charge on any atom is 0.505 e. The van der Waals surface area contributed by atoms with Crippen LogP contribution in [0.2, 0.25) is 0 Å². The van der Waals surface area contributed by atoms with Gasteiger partial charge in [-0.05, 0) is 24.6 Å². The topological polar surface area (TPSA) is 27.7 Å². The van der Waals surface area contributed by atoms with Crippen molar-refractivity contribution in [3.05, 3.63) is 35.4 Å². The number of benzene rings is 1. The van der Waals surface area contributed by atoms with Gasteiger partial charge >= 0.3 is 8.80 Å². The van der Waals surface area contributed by atoms with Crippen LogP contribution in [0.3, 0.4) is 0 Å². The molecule has 0 spiro atoms. The number of rotatable bonds is 6. The molecule has 0 amide bonds. The minimum atomic E-state index is -2.86. The van der Waals surface area contributed by atoms with E-state index in [1.807, 2.05) is 6.92 Å². The van der Waals surface area contributed by atoms with Crippen molar-refractivity contribution in [2.45, 2.75) is 13.0 Å². The lowest BCUT2D eigenvalue weighted by Crippen LogP contribution is -2.46. The lowest BCUT2D eigenvalue weighted by molar-refractivity contribution is 0.103. The van der Waals surface area contributed by atoms with Crippen LogP contribution < -0.4 is 0 Å². The fourth-order valence-electron chi connectivity index (χ4n) is 1.58. The zero-order valence-corrected chi connectivity index (χ0v) is 11.1. The first kappa shape index (κ1) is 14.2. The van der Waals surface area contributed by atoms with Crippen LogP contribution in [0.5, 0.6) is 0 Å². The second kappa shape index (κ2) is 6.20. The van der Waals surface area contributed by atoms with Gasteiger partial charge in [-0.2, -0.15) is 0 Å². The average Bonchev–Trinajstić information content (AvgIpc) is 2.27. The molecule has 0 aliphatic carbocycles. The Labute approximate surface area is 101 Å². The second-order valence-electron chi connectivity index (χ2n) is 3.48. The maximum atomic E-state index is 13.0. The van der Waals surface area contributed by atoms with Crippen molar-refractivity contribution in [1.82, 2.24) is 0 Å². The van der Waals surface area contributed by atoms with E-state index in [1.165, 1.54) is 26.4 Å². The van der Waals surface area contributed by atoms with E-state index in [0.717, 1.165) is 6.07 Å². The molecule has 0 aliphatic heterocycles. The van der Waals surface area contributed by atoms with Crippen molar-refractivity contribution in [1.29, 1.82) is 0 Å². The third kappa shape index (κ3) is 3.85. The van der Waals surface area contributed by atoms with Crippen molar-refractivity contribution in [2.75, 3.05) is 20.8 Å². The molecule has 0 saturated heterocycles. The van der Waals surface area contributed by atoms with E-state index in [0.29, 0.717) is 12.2 Å². The van der Waals surface area contributed by atoms with E-state index in [9.17, 15) is 8.78 Å². The van der Waals surface area contributed by atoms with E-state index < -0.39 is 20.4 Å². The summed E-state index contributed by atoms with van der Waals surface area (Å²) in [7, 11) is 0.0830. The van der Waals surface area contributed by atoms with E-state index in [1.54, 1.807) is 0 Å². The minimum absolute atomic E-state index is 0.239. The molecule has 0 aliphatic rings. The standard InChI is InChI=1S/C11H16F2O3Si/c1-4-16-17(14-2,15-3)8-9-5-10(12)7-11(13)6-9/h5-7H,4,8H2,1-3H3. The molecule has 0 unspecified atom stereocenters. The Kier molecular flexibility index (Phi) is 5.19. The molecular weight excluding hydrogens is 246 g/mol. The average molecular weight is 262 g/mol. The normalized spacial score (nSPS) is 11.8. The Morgan fingerprint density at radius 3 is 2.00 bits per heavy atom. The Bertz CT molecular complexity index is 349. The number of hydrogen-bond acceptors (Lipinski definition) is 3. The van der Waals surface area contributed by atoms with Gasteiger partial charge in [-0.3, -0.25) is 0 Å². The Morgan fingerprint density at radius 2 is 1.59 bits per heavy atom. The van der Waals surface area contributed by atoms with Crippen LogP contribution >= 0.6 is 0 Å². The van der Waals surface area contributed by atoms with E-state index >= 15 is 0 Å². The lowest BCUT2D eigenvalue weighted by atomic mass is 10.2. The SMILES string of the molecule is CCO[Si](Cc1cc(F)cc(F)c1)(OC)OC. The van der Waals surface area contributed by atoms with Gasteiger partial charge < -0.3 is 13.3 Å². The van der Waals surface area contributed by atoms with E-state index in [4.69, 9.17) is 13.3 Å². The van der Waals surface area contributed by atoms with Gasteiger partial charge in [-0.25, -0.2) is 8.78 Å². The van der Waals surface area contributed by atoms with Crippen LogP contribution in [-0.4, -0.2) is 29.6 Å². The van der Waals surface area contributed by atoms with Gasteiger partial charge in [-0.15, -0.1) is 0 Å². The summed E-state index contributed by atoms with van der Waals surface area (Å²) in [6.07, 6.45) is 0. The van der Waals surface area contributed by atoms with Crippen LogP contribution in [0.15, 0.2) is 18.2 Å². The molecule has 0 N–H and O–H groups in total. The Balaban J connectivity index is 2.92. The molecule has 1 aromatic carbocycles. The fourth-order valence-corrected chi connectivity index (χ4v) is 3.52. The molecule has 0 aromatic heterocycles. The van der Waals surface area contributed by atoms with Crippen LogP contribution in [-0.2, 0) is 19.3 Å². The second-order valence-corrected chi connectivity index (χ2v) is 6.30. The highest BCUT2D eigenvalue weighted by molar-refractivity contribution is 6.60. The van der Waals surface area contributed by atoms with Crippen molar-refractivity contribution in [3.8, 4) is 0 Å². The largest absolute Gasteiger partial charge is 0.505 e. The third-order valence-electron chi connectivity index (χ3n) is 2.33. The molecule has 0 fully saturated rings. The zero-order valence-electron chi connectivity index (χ0n) is 10.1. The molecule has 6 heteroatoms. The van der Waals surface area contributed by atoms with Crippen LogP contribution in [0.4, 0.5) is 8.78 Å². The van der Waals surface area contributed by atoms with Crippen LogP contribution in [0.25, 0.3) is 0 Å². The predicted octanol–water partition coefficient (Wildman–Crippen LogP) is 2.31. The molecule has 0 saturated carbocycles. The third-order valence-corrected chi connectivity index (χ3v) is 5.14. The lowest BCUT2D eigenvalue weighted by Gasteiger charge is -2.25. The molecule has 17 heavy (non-hydrogen) atoms. The van der Waals surface area contributed by atoms with Crippen LogP contribution in [0, 0.1) is 11.6 Å². The van der Waals surface area contributed by atoms with Gasteiger partial charge in [0.2, 0.25) is 0 Å². The van der Waals surface area contributed by atoms with Crippen molar-refractivity contribution >= 4 is 8.80 Å². The van der Waals surface area contributed by atoms with Crippen molar-refractivity contribution < 1.29 is 22.1 Å². The monoisotopic (exact) mass is 262 g/mol. The first-order chi connectivity index (χ1) is 8.05. The Morgan fingerprint density at radius 1 is 1.06 bits per heavy atom. The summed E-state index contributed by atoms with van der Waals surface area (Å²) in [5.41, 5.74) is 0.464. The maximum absolute atomic E-state index is 13.0. The van der Waals surface area contributed by atoms with Gasteiger partial charge in [0, 0.05) is 32.9 Å². The Hall–Kier alpha value is -0.823. The summed E-state index contributed by atoms with van der Waals surface area (Å²) in [5.74, 6) is -1.24. The summed E-state index contributed by atoms with van der Waals surface area (Å²) in [4.78, 5) is 0. The molecule has 0 atom stereocenters. The molecular formula is C11H16F2O3Si. The summed E-state index contributed by atoms with van der Waals surface area (Å²) in [6.45, 7) is 2.23. The van der Waals surface area contributed by atoms with Gasteiger partial charge in [0.15, 0.2) is 0 Å². The molecule has 3 nitrogen and oxygen atoms in total. The van der Waals surface area contributed by atoms with Crippen molar-refractivity contribution in [2.24, 2.45) is 0 Å². The first-order valence-electron chi connectivity index (χ1n) is 5.24. The predicted molar refractivity (Wildman–Crippen MR) is 61.5 cm³/mol. The van der Waals surface area contributed by atoms with Crippen molar-refractivity contribution in [3.63, 3.8) is 0 Å². The highest BCUT2D eigenvalue weighted by atomic mass is 28.4. The van der Waals surface area contributed by atoms with Gasteiger partial charge in [0.05, 0.1) is 0 Å². The number of halogens is 2. The molecule has 0 radical (unpaired) electrons. The van der Waals surface area contributed by atoms with Gasteiger partial charge in [-0.1, -0.05) is 0 Å². The first-order valence-corrected chi connectivity index (χ1v) is 7.17. The van der Waals surface area contributed by atoms with Gasteiger partial charge in [0.25, 0.3) is 0 Å². The highest BCUT2D eigenvalue weighted by Crippen LogP contribution is 2.17. The minimum Gasteiger partial charge on any atom is -0.377 e. The molecule has 1 rings (SSSR count). The van der Waals surface area contributed by atoms with Crippen LogP contribution in [0.1, 0.15) is 12.5 Å². The number of hydrogen-bond donors (Lipinski definition) is 0. The zero-order chi connectivity index (χ0) is 12.9.